The number of methoxy groups -OCH3 is 1. The van der Waals surface area contributed by atoms with Gasteiger partial charge in [-0.1, -0.05) is 10.3 Å². The topological polar surface area (TPSA) is 74.5 Å². The van der Waals surface area contributed by atoms with Gasteiger partial charge in [0.1, 0.15) is 24.3 Å². The summed E-state index contributed by atoms with van der Waals surface area (Å²) in [4.78, 5) is 10.8. The third kappa shape index (κ3) is 2.93. The summed E-state index contributed by atoms with van der Waals surface area (Å²) < 4.78 is 16.0. The van der Waals surface area contributed by atoms with Crippen LogP contribution >= 0.6 is 15.9 Å². The number of ether oxygens (including phenoxy) is 2. The third-order valence-electron chi connectivity index (χ3n) is 2.49. The van der Waals surface area contributed by atoms with Crippen molar-refractivity contribution in [1.29, 1.82) is 0 Å². The zero-order valence-electron chi connectivity index (χ0n) is 10.3. The number of benzene rings is 1. The van der Waals surface area contributed by atoms with Crippen LogP contribution in [0.3, 0.4) is 0 Å². The number of hydrogen-bond donors (Lipinski definition) is 0. The lowest BCUT2D eigenvalue weighted by atomic mass is 10.2. The van der Waals surface area contributed by atoms with E-state index in [1.807, 2.05) is 0 Å². The molecule has 7 heteroatoms. The number of carbonyl (C=O) groups is 1. The Morgan fingerprint density at radius 3 is 2.79 bits per heavy atom. The molecule has 1 aromatic heterocycles. The van der Waals surface area contributed by atoms with Crippen LogP contribution in [0.25, 0.3) is 0 Å². The van der Waals surface area contributed by atoms with Crippen LogP contribution in [0.5, 0.6) is 11.5 Å². The second-order valence-electron chi connectivity index (χ2n) is 3.74. The van der Waals surface area contributed by atoms with Crippen molar-refractivity contribution >= 4 is 22.2 Å². The number of aryl methyl sites for hydroxylation is 1. The van der Waals surface area contributed by atoms with Crippen molar-refractivity contribution in [3.05, 3.63) is 33.6 Å². The summed E-state index contributed by atoms with van der Waals surface area (Å²) >= 11 is 3.34. The molecule has 0 aliphatic carbocycles. The van der Waals surface area contributed by atoms with Gasteiger partial charge in [0.25, 0.3) is 0 Å². The van der Waals surface area contributed by atoms with Gasteiger partial charge >= 0.3 is 0 Å². The van der Waals surface area contributed by atoms with Crippen molar-refractivity contribution in [2.45, 2.75) is 13.5 Å². The van der Waals surface area contributed by atoms with E-state index in [1.165, 1.54) is 7.11 Å². The van der Waals surface area contributed by atoms with Crippen LogP contribution in [0.15, 0.2) is 21.2 Å². The van der Waals surface area contributed by atoms with Gasteiger partial charge in [-0.25, -0.2) is 4.63 Å². The predicted octanol–water partition coefficient (Wildman–Crippen LogP) is 2.54. The molecule has 2 rings (SSSR count). The Hall–Kier alpha value is -1.89. The van der Waals surface area contributed by atoms with Crippen molar-refractivity contribution < 1.29 is 18.9 Å². The Bertz CT molecular complexity index is 597. The molecule has 19 heavy (non-hydrogen) atoms. The predicted molar refractivity (Wildman–Crippen MR) is 69.4 cm³/mol. The van der Waals surface area contributed by atoms with E-state index >= 15 is 0 Å². The lowest BCUT2D eigenvalue weighted by Crippen LogP contribution is -2.01. The van der Waals surface area contributed by atoms with E-state index in [1.54, 1.807) is 19.1 Å². The molecule has 2 aromatic rings. The molecule has 0 saturated carbocycles. The van der Waals surface area contributed by atoms with Gasteiger partial charge in [0.2, 0.25) is 0 Å². The van der Waals surface area contributed by atoms with Gasteiger partial charge in [-0.15, -0.1) is 0 Å². The van der Waals surface area contributed by atoms with E-state index in [0.717, 1.165) is 6.29 Å². The number of hydrogen-bond acceptors (Lipinski definition) is 6. The van der Waals surface area contributed by atoms with E-state index in [0.29, 0.717) is 32.9 Å². The molecular formula is C12H11BrN2O4. The first-order valence-corrected chi connectivity index (χ1v) is 6.18. The average Bonchev–Trinajstić information content (AvgIpc) is 2.82. The molecule has 6 nitrogen and oxygen atoms in total. The Kier molecular flexibility index (Phi) is 4.16. The normalized spacial score (nSPS) is 10.3. The Labute approximate surface area is 117 Å². The van der Waals surface area contributed by atoms with Gasteiger partial charge in [-0.05, 0) is 35.0 Å². The van der Waals surface area contributed by atoms with Crippen molar-refractivity contribution in [2.24, 2.45) is 0 Å². The largest absolute Gasteiger partial charge is 0.493 e. The third-order valence-corrected chi connectivity index (χ3v) is 3.08. The zero-order valence-corrected chi connectivity index (χ0v) is 11.9. The summed E-state index contributed by atoms with van der Waals surface area (Å²) in [6, 6.07) is 3.25. The highest BCUT2D eigenvalue weighted by molar-refractivity contribution is 9.10. The summed E-state index contributed by atoms with van der Waals surface area (Å²) in [5, 5.41) is 7.39. The fourth-order valence-corrected chi connectivity index (χ4v) is 2.04. The lowest BCUT2D eigenvalue weighted by Gasteiger charge is -2.12. The molecule has 0 amide bonds. The highest BCUT2D eigenvalue weighted by Gasteiger charge is 2.13. The monoisotopic (exact) mass is 326 g/mol. The molecule has 0 aliphatic rings. The fraction of sp³-hybridized carbons (Fsp3) is 0.250. The maximum atomic E-state index is 10.8. The molecule has 0 fully saturated rings. The van der Waals surface area contributed by atoms with Gasteiger partial charge in [0.15, 0.2) is 11.5 Å². The Balaban J connectivity index is 2.24. The van der Waals surface area contributed by atoms with Crippen LogP contribution in [-0.2, 0) is 6.61 Å². The minimum absolute atomic E-state index is 0.199. The molecule has 0 atom stereocenters. The van der Waals surface area contributed by atoms with Crippen LogP contribution < -0.4 is 9.47 Å². The van der Waals surface area contributed by atoms with Gasteiger partial charge in [-0.2, -0.15) is 0 Å². The summed E-state index contributed by atoms with van der Waals surface area (Å²) in [6.07, 6.45) is 0.739. The van der Waals surface area contributed by atoms with Crippen LogP contribution in [-0.4, -0.2) is 23.7 Å². The lowest BCUT2D eigenvalue weighted by molar-refractivity contribution is 0.112. The Morgan fingerprint density at radius 2 is 2.21 bits per heavy atom. The summed E-state index contributed by atoms with van der Waals surface area (Å²) in [5.74, 6) is 0.959. The molecule has 0 spiro atoms. The van der Waals surface area contributed by atoms with Crippen molar-refractivity contribution in [3.63, 3.8) is 0 Å². The van der Waals surface area contributed by atoms with Crippen LogP contribution in [0.1, 0.15) is 21.7 Å². The number of aromatic nitrogens is 2. The first-order chi connectivity index (χ1) is 9.15. The molecule has 0 N–H and O–H groups in total. The average molecular weight is 327 g/mol. The second-order valence-corrected chi connectivity index (χ2v) is 4.59. The molecule has 1 heterocycles. The molecular weight excluding hydrogens is 316 g/mol. The van der Waals surface area contributed by atoms with Gasteiger partial charge < -0.3 is 9.47 Å². The highest BCUT2D eigenvalue weighted by atomic mass is 79.9. The highest BCUT2D eigenvalue weighted by Crippen LogP contribution is 2.36. The summed E-state index contributed by atoms with van der Waals surface area (Å²) in [7, 11) is 1.51. The van der Waals surface area contributed by atoms with Crippen LogP contribution in [0.4, 0.5) is 0 Å². The summed E-state index contributed by atoms with van der Waals surface area (Å²) in [5.41, 5.74) is 1.77. The molecule has 0 bridgehead atoms. The van der Waals surface area contributed by atoms with E-state index in [-0.39, 0.29) is 6.61 Å². The van der Waals surface area contributed by atoms with Crippen LogP contribution in [0.2, 0.25) is 0 Å². The number of nitrogens with zero attached hydrogens (tertiary/aromatic N) is 2. The van der Waals surface area contributed by atoms with E-state index in [9.17, 15) is 4.79 Å². The van der Waals surface area contributed by atoms with Gasteiger partial charge in [-0.3, -0.25) is 4.79 Å². The van der Waals surface area contributed by atoms with Gasteiger partial charge in [0, 0.05) is 5.56 Å². The SMILES string of the molecule is COc1cc(C=O)cc(Br)c1OCc1nonc1C. The molecule has 0 saturated heterocycles. The number of aldehydes is 1. The van der Waals surface area contributed by atoms with E-state index < -0.39 is 0 Å². The first-order valence-electron chi connectivity index (χ1n) is 5.39. The maximum Gasteiger partial charge on any atom is 0.175 e. The Morgan fingerprint density at radius 1 is 1.42 bits per heavy atom. The summed E-state index contributed by atoms with van der Waals surface area (Å²) in [6.45, 7) is 1.97. The quantitative estimate of drug-likeness (QED) is 0.786. The molecule has 0 radical (unpaired) electrons. The van der Waals surface area contributed by atoms with Crippen molar-refractivity contribution in [3.8, 4) is 11.5 Å². The van der Waals surface area contributed by atoms with Crippen molar-refractivity contribution in [2.75, 3.05) is 7.11 Å². The minimum Gasteiger partial charge on any atom is -0.493 e. The number of rotatable bonds is 5. The van der Waals surface area contributed by atoms with E-state index in [2.05, 4.69) is 30.9 Å². The molecule has 1 aromatic carbocycles. The number of halogens is 1. The van der Waals surface area contributed by atoms with Crippen LogP contribution in [0, 0.1) is 6.92 Å². The zero-order chi connectivity index (χ0) is 13.8. The fourth-order valence-electron chi connectivity index (χ4n) is 1.47. The van der Waals surface area contributed by atoms with Crippen molar-refractivity contribution in [1.82, 2.24) is 10.3 Å². The second kappa shape index (κ2) is 5.83. The molecule has 0 unspecified atom stereocenters. The smallest absolute Gasteiger partial charge is 0.175 e. The maximum absolute atomic E-state index is 10.8. The standard InChI is InChI=1S/C12H11BrN2O4/c1-7-10(15-19-14-7)6-18-12-9(13)3-8(5-16)4-11(12)17-2/h3-5H,6H2,1-2H3. The molecule has 0 aliphatic heterocycles. The van der Waals surface area contributed by atoms with Gasteiger partial charge in [0.05, 0.1) is 11.6 Å². The molecule has 100 valence electrons. The minimum atomic E-state index is 0.199. The van der Waals surface area contributed by atoms with E-state index in [4.69, 9.17) is 9.47 Å². The first kappa shape index (κ1) is 13.5. The number of carbonyl (C=O) groups excluding carboxylic acids is 1.